The molecule has 3 rings (SSSR count). The average Bonchev–Trinajstić information content (AvgIpc) is 2.88. The summed E-state index contributed by atoms with van der Waals surface area (Å²) in [5, 5.41) is 10.7. The van der Waals surface area contributed by atoms with Crippen LogP contribution in [0.3, 0.4) is 0 Å². The summed E-state index contributed by atoms with van der Waals surface area (Å²) in [6, 6.07) is 15.3. The predicted octanol–water partition coefficient (Wildman–Crippen LogP) is 4.08. The molecule has 1 aliphatic rings. The zero-order valence-electron chi connectivity index (χ0n) is 15.8. The molecule has 2 aromatic rings. The summed E-state index contributed by atoms with van der Waals surface area (Å²) in [5.74, 6) is -0.736. The van der Waals surface area contributed by atoms with Crippen LogP contribution in [0.5, 0.6) is 0 Å². The second-order valence-electron chi connectivity index (χ2n) is 8.08. The van der Waals surface area contributed by atoms with E-state index in [1.165, 1.54) is 4.90 Å². The molecule has 2 aromatic carbocycles. The SMILES string of the molecule is CC(C)(C)C(=O)N1C(=O)C(O)C[C@H]1Cc1ccc(-c2cccc(Cl)c2)cc1. The fourth-order valence-corrected chi connectivity index (χ4v) is 3.57. The molecule has 2 amide bonds. The number of rotatable bonds is 3. The third kappa shape index (κ3) is 4.23. The Kier molecular flexibility index (Phi) is 5.41. The van der Waals surface area contributed by atoms with Crippen molar-refractivity contribution >= 4 is 23.4 Å². The zero-order valence-corrected chi connectivity index (χ0v) is 16.5. The Bertz CT molecular complexity index is 855. The highest BCUT2D eigenvalue weighted by atomic mass is 35.5. The third-order valence-corrected chi connectivity index (χ3v) is 5.06. The first-order chi connectivity index (χ1) is 12.7. The minimum atomic E-state index is -1.10. The topological polar surface area (TPSA) is 57.6 Å². The maximum atomic E-state index is 12.7. The van der Waals surface area contributed by atoms with Gasteiger partial charge >= 0.3 is 0 Å². The van der Waals surface area contributed by atoms with Gasteiger partial charge in [-0.1, -0.05) is 68.8 Å². The number of hydrogen-bond donors (Lipinski definition) is 1. The van der Waals surface area contributed by atoms with Crippen molar-refractivity contribution in [3.8, 4) is 11.1 Å². The van der Waals surface area contributed by atoms with Gasteiger partial charge in [0.25, 0.3) is 5.91 Å². The molecule has 1 saturated heterocycles. The van der Waals surface area contributed by atoms with Gasteiger partial charge in [-0.25, -0.2) is 0 Å². The molecule has 1 N–H and O–H groups in total. The lowest BCUT2D eigenvalue weighted by Gasteiger charge is -2.29. The molecule has 1 unspecified atom stereocenters. The number of halogens is 1. The van der Waals surface area contributed by atoms with Crippen molar-refractivity contribution in [2.24, 2.45) is 5.41 Å². The molecule has 0 bridgehead atoms. The number of aliphatic hydroxyl groups is 1. The highest BCUT2D eigenvalue weighted by Gasteiger charge is 2.45. The molecular weight excluding hydrogens is 362 g/mol. The van der Waals surface area contributed by atoms with Crippen LogP contribution in [-0.2, 0) is 16.0 Å². The first-order valence-electron chi connectivity index (χ1n) is 9.07. The molecule has 0 aromatic heterocycles. The van der Waals surface area contributed by atoms with Crippen LogP contribution in [-0.4, -0.2) is 34.0 Å². The van der Waals surface area contributed by atoms with Gasteiger partial charge in [0.15, 0.2) is 0 Å². The molecule has 1 aliphatic heterocycles. The van der Waals surface area contributed by atoms with Gasteiger partial charge in [0.05, 0.1) is 0 Å². The standard InChI is InChI=1S/C22H24ClNO3/c1-22(2,3)21(27)24-18(13-19(25)20(24)26)11-14-7-9-15(10-8-14)16-5-4-6-17(23)12-16/h4-10,12,18-19,25H,11,13H2,1-3H3/t18-,19?/m1/s1. The average molecular weight is 386 g/mol. The fourth-order valence-electron chi connectivity index (χ4n) is 3.38. The normalized spacial score (nSPS) is 20.2. The summed E-state index contributed by atoms with van der Waals surface area (Å²) in [6.07, 6.45) is -0.302. The Labute approximate surface area is 164 Å². The van der Waals surface area contributed by atoms with Gasteiger partial charge in [-0.15, -0.1) is 0 Å². The van der Waals surface area contributed by atoms with Crippen molar-refractivity contribution in [3.63, 3.8) is 0 Å². The van der Waals surface area contributed by atoms with Gasteiger partial charge in [0.1, 0.15) is 6.10 Å². The highest BCUT2D eigenvalue weighted by Crippen LogP contribution is 2.29. The van der Waals surface area contributed by atoms with E-state index in [2.05, 4.69) is 0 Å². The summed E-state index contributed by atoms with van der Waals surface area (Å²) in [4.78, 5) is 26.2. The van der Waals surface area contributed by atoms with Crippen LogP contribution in [0, 0.1) is 5.41 Å². The lowest BCUT2D eigenvalue weighted by molar-refractivity contribution is -0.151. The van der Waals surface area contributed by atoms with Gasteiger partial charge in [-0.2, -0.15) is 0 Å². The van der Waals surface area contributed by atoms with Crippen LogP contribution in [0.25, 0.3) is 11.1 Å². The van der Waals surface area contributed by atoms with E-state index in [1.807, 2.05) is 48.5 Å². The molecule has 142 valence electrons. The van der Waals surface area contributed by atoms with E-state index in [4.69, 9.17) is 11.6 Å². The van der Waals surface area contributed by atoms with Gasteiger partial charge in [-0.05, 0) is 35.2 Å². The summed E-state index contributed by atoms with van der Waals surface area (Å²) < 4.78 is 0. The molecular formula is C22H24ClNO3. The number of carbonyl (C=O) groups excluding carboxylic acids is 2. The van der Waals surface area contributed by atoms with E-state index in [-0.39, 0.29) is 18.4 Å². The van der Waals surface area contributed by atoms with E-state index in [1.54, 1.807) is 20.8 Å². The van der Waals surface area contributed by atoms with Crippen LogP contribution in [0.2, 0.25) is 5.02 Å². The van der Waals surface area contributed by atoms with E-state index in [9.17, 15) is 14.7 Å². The third-order valence-electron chi connectivity index (χ3n) is 4.83. The number of nitrogens with zero attached hydrogens (tertiary/aromatic N) is 1. The lowest BCUT2D eigenvalue weighted by Crippen LogP contribution is -2.46. The van der Waals surface area contributed by atoms with Crippen LogP contribution in [0.15, 0.2) is 48.5 Å². The molecule has 27 heavy (non-hydrogen) atoms. The molecule has 0 saturated carbocycles. The smallest absolute Gasteiger partial charge is 0.258 e. The molecule has 1 heterocycles. The van der Waals surface area contributed by atoms with Crippen molar-refractivity contribution in [2.45, 2.75) is 45.8 Å². The number of carbonyl (C=O) groups is 2. The van der Waals surface area contributed by atoms with E-state index in [0.717, 1.165) is 16.7 Å². The maximum Gasteiger partial charge on any atom is 0.258 e. The first-order valence-corrected chi connectivity index (χ1v) is 9.45. The summed E-state index contributed by atoms with van der Waals surface area (Å²) in [5.41, 5.74) is 2.42. The number of imide groups is 1. The van der Waals surface area contributed by atoms with Gasteiger partial charge in [0, 0.05) is 22.9 Å². The number of aliphatic hydroxyl groups excluding tert-OH is 1. The summed E-state index contributed by atoms with van der Waals surface area (Å²) >= 11 is 6.06. The van der Waals surface area contributed by atoms with E-state index >= 15 is 0 Å². The largest absolute Gasteiger partial charge is 0.383 e. The number of amides is 2. The molecule has 0 spiro atoms. The van der Waals surface area contributed by atoms with Crippen LogP contribution in [0.1, 0.15) is 32.8 Å². The quantitative estimate of drug-likeness (QED) is 0.865. The highest BCUT2D eigenvalue weighted by molar-refractivity contribution is 6.30. The summed E-state index contributed by atoms with van der Waals surface area (Å²) in [7, 11) is 0. The Balaban J connectivity index is 1.79. The minimum absolute atomic E-state index is 0.246. The minimum Gasteiger partial charge on any atom is -0.383 e. The van der Waals surface area contributed by atoms with Gasteiger partial charge in [-0.3, -0.25) is 14.5 Å². The lowest BCUT2D eigenvalue weighted by atomic mass is 9.93. The molecule has 5 heteroatoms. The monoisotopic (exact) mass is 385 g/mol. The summed E-state index contributed by atoms with van der Waals surface area (Å²) in [6.45, 7) is 5.35. The van der Waals surface area contributed by atoms with Crippen LogP contribution in [0.4, 0.5) is 0 Å². The predicted molar refractivity (Wildman–Crippen MR) is 106 cm³/mol. The van der Waals surface area contributed by atoms with Crippen LogP contribution < -0.4 is 0 Å². The zero-order chi connectivity index (χ0) is 19.8. The van der Waals surface area contributed by atoms with Crippen molar-refractivity contribution in [1.29, 1.82) is 0 Å². The van der Waals surface area contributed by atoms with Crippen molar-refractivity contribution in [1.82, 2.24) is 4.90 Å². The van der Waals surface area contributed by atoms with Gasteiger partial charge < -0.3 is 5.11 Å². The second-order valence-corrected chi connectivity index (χ2v) is 8.52. The number of likely N-dealkylation sites (tertiary alicyclic amines) is 1. The molecule has 4 nitrogen and oxygen atoms in total. The number of hydrogen-bond acceptors (Lipinski definition) is 3. The Morgan fingerprint density at radius 1 is 1.15 bits per heavy atom. The number of benzene rings is 2. The van der Waals surface area contributed by atoms with Crippen molar-refractivity contribution in [2.75, 3.05) is 0 Å². The maximum absolute atomic E-state index is 12.7. The molecule has 0 radical (unpaired) electrons. The van der Waals surface area contributed by atoms with E-state index in [0.29, 0.717) is 11.4 Å². The molecule has 1 fully saturated rings. The second kappa shape index (κ2) is 7.45. The Hall–Kier alpha value is -2.17. The van der Waals surface area contributed by atoms with Crippen molar-refractivity contribution in [3.05, 3.63) is 59.1 Å². The Morgan fingerprint density at radius 3 is 2.41 bits per heavy atom. The first kappa shape index (κ1) is 19.6. The van der Waals surface area contributed by atoms with Crippen molar-refractivity contribution < 1.29 is 14.7 Å². The van der Waals surface area contributed by atoms with E-state index < -0.39 is 17.4 Å². The van der Waals surface area contributed by atoms with Crippen LogP contribution >= 0.6 is 11.6 Å². The fraction of sp³-hybridized carbons (Fsp3) is 0.364. The Morgan fingerprint density at radius 2 is 1.81 bits per heavy atom. The molecule has 2 atom stereocenters. The van der Waals surface area contributed by atoms with Gasteiger partial charge in [0.2, 0.25) is 5.91 Å². The molecule has 0 aliphatic carbocycles.